The van der Waals surface area contributed by atoms with Crippen LogP contribution in [0.25, 0.3) is 0 Å². The lowest BCUT2D eigenvalue weighted by molar-refractivity contribution is -0.160. The maximum absolute atomic E-state index is 12.0. The first kappa shape index (κ1) is 39.1. The Kier molecular flexibility index (Phi) is 30.3. The van der Waals surface area contributed by atoms with Crippen molar-refractivity contribution in [1.82, 2.24) is 0 Å². The van der Waals surface area contributed by atoms with Gasteiger partial charge in [-0.05, 0) is 64.2 Å². The second kappa shape index (κ2) is 32.6. The number of carbonyl (C=O) groups excluding carboxylic acids is 2. The highest BCUT2D eigenvalue weighted by atomic mass is 16.6. The minimum Gasteiger partial charge on any atom is -0.462 e. The maximum atomic E-state index is 12.0. The van der Waals surface area contributed by atoms with E-state index in [4.69, 9.17) is 9.47 Å². The fourth-order valence-electron chi connectivity index (χ4n) is 3.78. The van der Waals surface area contributed by atoms with Crippen molar-refractivity contribution >= 4 is 11.9 Å². The molecule has 0 spiro atoms. The molecule has 5 nitrogen and oxygen atoms in total. The van der Waals surface area contributed by atoms with Crippen molar-refractivity contribution in [2.45, 2.75) is 123 Å². The van der Waals surface area contributed by atoms with Crippen LogP contribution in [0.1, 0.15) is 117 Å². The molecule has 0 saturated carbocycles. The smallest absolute Gasteiger partial charge is 0.310 e. The first-order chi connectivity index (χ1) is 20.6. The number of unbranched alkanes of at least 4 members (excludes halogenated alkanes) is 6. The second-order valence-corrected chi connectivity index (χ2v) is 10.2. The molecular weight excluding hydrogens is 524 g/mol. The minimum absolute atomic E-state index is 0.115. The van der Waals surface area contributed by atoms with E-state index >= 15 is 0 Å². The fourth-order valence-corrected chi connectivity index (χ4v) is 3.78. The molecule has 0 rings (SSSR count). The zero-order chi connectivity index (χ0) is 30.8. The van der Waals surface area contributed by atoms with Crippen molar-refractivity contribution < 1.29 is 24.2 Å². The largest absolute Gasteiger partial charge is 0.462 e. The SMILES string of the molecule is CC/C=C\C/C=C\C/C=C\C/C=C\C/C=C\CC(=O)OC(CO)COC(=O)CCCCCCC/C=C\C/C=C\CCC. The molecule has 0 bridgehead atoms. The molecule has 0 radical (unpaired) electrons. The summed E-state index contributed by atoms with van der Waals surface area (Å²) in [5.74, 6) is -0.768. The molecule has 0 heterocycles. The summed E-state index contributed by atoms with van der Waals surface area (Å²) in [4.78, 5) is 24.0. The van der Waals surface area contributed by atoms with Gasteiger partial charge in [0.15, 0.2) is 6.10 Å². The van der Waals surface area contributed by atoms with Crippen LogP contribution in [-0.4, -0.2) is 36.4 Å². The molecule has 0 saturated heterocycles. The second-order valence-electron chi connectivity index (χ2n) is 10.2. The maximum Gasteiger partial charge on any atom is 0.310 e. The summed E-state index contributed by atoms with van der Waals surface area (Å²) in [5.41, 5.74) is 0. The van der Waals surface area contributed by atoms with Gasteiger partial charge in [-0.25, -0.2) is 0 Å². The molecular formula is C37H58O5. The Morgan fingerprint density at radius 3 is 1.67 bits per heavy atom. The summed E-state index contributed by atoms with van der Waals surface area (Å²) >= 11 is 0. The van der Waals surface area contributed by atoms with Crippen molar-refractivity contribution in [2.75, 3.05) is 13.2 Å². The van der Waals surface area contributed by atoms with Gasteiger partial charge in [0.1, 0.15) is 6.61 Å². The van der Waals surface area contributed by atoms with E-state index in [9.17, 15) is 14.7 Å². The van der Waals surface area contributed by atoms with Gasteiger partial charge in [-0.15, -0.1) is 0 Å². The molecule has 42 heavy (non-hydrogen) atoms. The molecule has 1 atom stereocenters. The molecule has 1 N–H and O–H groups in total. The van der Waals surface area contributed by atoms with E-state index in [1.54, 1.807) is 6.08 Å². The third kappa shape index (κ3) is 30.0. The van der Waals surface area contributed by atoms with E-state index in [-0.39, 0.29) is 25.6 Å². The van der Waals surface area contributed by atoms with Gasteiger partial charge in [0.25, 0.3) is 0 Å². The molecule has 0 aromatic carbocycles. The average molecular weight is 583 g/mol. The average Bonchev–Trinajstić information content (AvgIpc) is 2.99. The first-order valence-corrected chi connectivity index (χ1v) is 16.1. The van der Waals surface area contributed by atoms with Crippen LogP contribution >= 0.6 is 0 Å². The highest BCUT2D eigenvalue weighted by molar-refractivity contribution is 5.71. The summed E-state index contributed by atoms with van der Waals surface area (Å²) in [6.07, 6.45) is 43.7. The number of esters is 2. The van der Waals surface area contributed by atoms with E-state index in [1.807, 2.05) is 6.08 Å². The van der Waals surface area contributed by atoms with Crippen molar-refractivity contribution in [2.24, 2.45) is 0 Å². The summed E-state index contributed by atoms with van der Waals surface area (Å²) in [7, 11) is 0. The summed E-state index contributed by atoms with van der Waals surface area (Å²) in [6.45, 7) is 3.82. The zero-order valence-corrected chi connectivity index (χ0v) is 26.5. The molecule has 0 aliphatic heterocycles. The van der Waals surface area contributed by atoms with Crippen molar-refractivity contribution in [1.29, 1.82) is 0 Å². The lowest BCUT2D eigenvalue weighted by Gasteiger charge is -2.15. The van der Waals surface area contributed by atoms with Crippen LogP contribution in [0, 0.1) is 0 Å². The van der Waals surface area contributed by atoms with Crippen LogP contribution in [0.2, 0.25) is 0 Å². The van der Waals surface area contributed by atoms with Gasteiger partial charge < -0.3 is 14.6 Å². The number of carbonyl (C=O) groups is 2. The lowest BCUT2D eigenvalue weighted by atomic mass is 10.1. The number of rotatable bonds is 27. The van der Waals surface area contributed by atoms with E-state index in [1.165, 1.54) is 12.8 Å². The van der Waals surface area contributed by atoms with Crippen LogP contribution in [0.3, 0.4) is 0 Å². The number of allylic oxidation sites excluding steroid dienone is 13. The lowest BCUT2D eigenvalue weighted by Crippen LogP contribution is -2.28. The topological polar surface area (TPSA) is 72.8 Å². The van der Waals surface area contributed by atoms with E-state index in [2.05, 4.69) is 86.8 Å². The Morgan fingerprint density at radius 2 is 1.10 bits per heavy atom. The van der Waals surface area contributed by atoms with Crippen LogP contribution in [0.4, 0.5) is 0 Å². The molecule has 0 aromatic heterocycles. The zero-order valence-electron chi connectivity index (χ0n) is 26.5. The molecule has 0 aliphatic carbocycles. The highest BCUT2D eigenvalue weighted by Crippen LogP contribution is 2.09. The summed E-state index contributed by atoms with van der Waals surface area (Å²) in [5, 5.41) is 9.48. The molecule has 0 fully saturated rings. The Morgan fingerprint density at radius 1 is 0.595 bits per heavy atom. The molecule has 1 unspecified atom stereocenters. The van der Waals surface area contributed by atoms with Gasteiger partial charge in [0, 0.05) is 6.42 Å². The molecule has 0 aromatic rings. The van der Waals surface area contributed by atoms with Gasteiger partial charge in [-0.1, -0.05) is 125 Å². The normalized spacial score (nSPS) is 13.3. The summed E-state index contributed by atoms with van der Waals surface area (Å²) in [6, 6.07) is 0. The van der Waals surface area contributed by atoms with E-state index in [0.29, 0.717) is 6.42 Å². The monoisotopic (exact) mass is 582 g/mol. The van der Waals surface area contributed by atoms with E-state index < -0.39 is 12.1 Å². The summed E-state index contributed by atoms with van der Waals surface area (Å²) < 4.78 is 10.4. The molecule has 5 heteroatoms. The number of hydrogen-bond donors (Lipinski definition) is 1. The number of aliphatic hydroxyl groups is 1. The van der Waals surface area contributed by atoms with Crippen LogP contribution in [0.5, 0.6) is 0 Å². The van der Waals surface area contributed by atoms with Crippen molar-refractivity contribution in [3.8, 4) is 0 Å². The number of hydrogen-bond acceptors (Lipinski definition) is 5. The van der Waals surface area contributed by atoms with Crippen molar-refractivity contribution in [3.63, 3.8) is 0 Å². The Balaban J connectivity index is 3.81. The predicted octanol–water partition coefficient (Wildman–Crippen LogP) is 9.61. The third-order valence-corrected chi connectivity index (χ3v) is 6.19. The van der Waals surface area contributed by atoms with Crippen LogP contribution < -0.4 is 0 Å². The predicted molar refractivity (Wildman–Crippen MR) is 177 cm³/mol. The number of aliphatic hydroxyl groups excluding tert-OH is 1. The van der Waals surface area contributed by atoms with Gasteiger partial charge >= 0.3 is 11.9 Å². The number of ether oxygens (including phenoxy) is 2. The third-order valence-electron chi connectivity index (χ3n) is 6.19. The standard InChI is InChI=1S/C37H58O5/c1-3-5-7-9-11-13-15-17-18-20-22-24-26-28-30-32-37(40)42-35(33-38)34-41-36(39)31-29-27-25-23-21-19-16-14-12-10-8-6-4-2/h5,7-8,10-11,13-14,16-18,22,24,28,30,35,38H,3-4,6,9,12,15,19-21,23,25-27,29,31-34H2,1-2H3/b7-5-,10-8-,13-11-,16-14-,18-17-,24-22-,30-28-. The van der Waals surface area contributed by atoms with Crippen molar-refractivity contribution in [3.05, 3.63) is 85.1 Å². The first-order valence-electron chi connectivity index (χ1n) is 16.1. The fraction of sp³-hybridized carbons (Fsp3) is 0.568. The highest BCUT2D eigenvalue weighted by Gasteiger charge is 2.15. The van der Waals surface area contributed by atoms with Gasteiger partial charge in [0.05, 0.1) is 13.0 Å². The minimum atomic E-state index is -0.834. The van der Waals surface area contributed by atoms with Crippen LogP contribution in [0.15, 0.2) is 85.1 Å². The molecule has 0 amide bonds. The quantitative estimate of drug-likeness (QED) is 0.0593. The molecule has 0 aliphatic rings. The van der Waals surface area contributed by atoms with Gasteiger partial charge in [-0.2, -0.15) is 0 Å². The Bertz CT molecular complexity index is 844. The van der Waals surface area contributed by atoms with Gasteiger partial charge in [-0.3, -0.25) is 9.59 Å². The van der Waals surface area contributed by atoms with Gasteiger partial charge in [0.2, 0.25) is 0 Å². The van der Waals surface area contributed by atoms with E-state index in [0.717, 1.165) is 77.0 Å². The Labute approximate surface area is 256 Å². The Hall–Kier alpha value is -2.92. The molecule has 236 valence electrons. The van der Waals surface area contributed by atoms with Crippen LogP contribution in [-0.2, 0) is 19.1 Å².